The van der Waals surface area contributed by atoms with Crippen LogP contribution in [0, 0.1) is 0 Å². The molecule has 1 unspecified atom stereocenters. The maximum Gasteiger partial charge on any atom is 0.410 e. The molecule has 0 bridgehead atoms. The number of likely N-dealkylation sites (tertiary alicyclic amines) is 1. The third kappa shape index (κ3) is 5.19. The molecule has 2 rings (SSSR count). The predicted octanol–water partition coefficient (Wildman–Crippen LogP) is 3.36. The van der Waals surface area contributed by atoms with Crippen molar-refractivity contribution >= 4 is 17.9 Å². The topological polar surface area (TPSA) is 55.3 Å². The summed E-state index contributed by atoms with van der Waals surface area (Å²) in [5.74, 6) is 0.831. The third-order valence-corrected chi connectivity index (χ3v) is 4.28. The van der Waals surface area contributed by atoms with Gasteiger partial charge < -0.3 is 9.64 Å². The van der Waals surface area contributed by atoms with Crippen molar-refractivity contribution in [2.24, 2.45) is 0 Å². The van der Waals surface area contributed by atoms with Crippen LogP contribution in [0.2, 0.25) is 0 Å². The Kier molecular flexibility index (Phi) is 5.45. The minimum absolute atomic E-state index is 0.202. The molecule has 1 aliphatic rings. The Hall–Kier alpha value is -1.30. The molecule has 1 aliphatic heterocycles. The molecule has 1 atom stereocenters. The molecule has 1 saturated heterocycles. The van der Waals surface area contributed by atoms with Gasteiger partial charge in [-0.1, -0.05) is 0 Å². The highest BCUT2D eigenvalue weighted by molar-refractivity contribution is 7.99. The SMILES string of the molecule is CC(C)(C)OC(=O)N1CCCCC1CSc1cnccn1. The molecule has 0 aliphatic carbocycles. The summed E-state index contributed by atoms with van der Waals surface area (Å²) < 4.78 is 5.51. The largest absolute Gasteiger partial charge is 0.444 e. The van der Waals surface area contributed by atoms with E-state index in [9.17, 15) is 4.79 Å². The van der Waals surface area contributed by atoms with E-state index in [-0.39, 0.29) is 12.1 Å². The summed E-state index contributed by atoms with van der Waals surface area (Å²) >= 11 is 1.64. The fourth-order valence-corrected chi connectivity index (χ4v) is 3.26. The summed E-state index contributed by atoms with van der Waals surface area (Å²) in [6.07, 6.45) is 8.13. The Morgan fingerprint density at radius 3 is 2.90 bits per heavy atom. The fraction of sp³-hybridized carbons (Fsp3) is 0.667. The average molecular weight is 309 g/mol. The van der Waals surface area contributed by atoms with E-state index in [1.807, 2.05) is 25.7 Å². The van der Waals surface area contributed by atoms with Crippen LogP contribution in [-0.4, -0.2) is 44.9 Å². The van der Waals surface area contributed by atoms with Crippen molar-refractivity contribution in [2.75, 3.05) is 12.3 Å². The van der Waals surface area contributed by atoms with Crippen molar-refractivity contribution in [3.8, 4) is 0 Å². The number of rotatable bonds is 3. The number of aromatic nitrogens is 2. The lowest BCUT2D eigenvalue weighted by Crippen LogP contribution is -2.47. The minimum Gasteiger partial charge on any atom is -0.444 e. The van der Waals surface area contributed by atoms with Crippen molar-refractivity contribution in [3.05, 3.63) is 18.6 Å². The standard InChI is InChI=1S/C15H23N3O2S/c1-15(2,3)20-14(19)18-9-5-4-6-12(18)11-21-13-10-16-7-8-17-13/h7-8,10,12H,4-6,9,11H2,1-3H3. The zero-order chi connectivity index (χ0) is 15.3. The molecule has 1 fully saturated rings. The summed E-state index contributed by atoms with van der Waals surface area (Å²) in [5, 5.41) is 0.896. The van der Waals surface area contributed by atoms with Gasteiger partial charge in [-0.05, 0) is 40.0 Å². The van der Waals surface area contributed by atoms with Crippen LogP contribution in [0.25, 0.3) is 0 Å². The molecule has 0 radical (unpaired) electrons. The van der Waals surface area contributed by atoms with E-state index in [0.29, 0.717) is 0 Å². The van der Waals surface area contributed by atoms with E-state index >= 15 is 0 Å². The second-order valence-electron chi connectivity index (χ2n) is 6.18. The molecule has 21 heavy (non-hydrogen) atoms. The molecule has 1 aromatic heterocycles. The van der Waals surface area contributed by atoms with Gasteiger partial charge in [0.1, 0.15) is 10.6 Å². The van der Waals surface area contributed by atoms with Crippen LogP contribution < -0.4 is 0 Å². The Balaban J connectivity index is 1.94. The van der Waals surface area contributed by atoms with Crippen LogP contribution in [0.5, 0.6) is 0 Å². The Morgan fingerprint density at radius 2 is 2.24 bits per heavy atom. The number of ether oxygens (including phenoxy) is 1. The maximum atomic E-state index is 12.3. The first-order chi connectivity index (χ1) is 9.96. The van der Waals surface area contributed by atoms with Crippen molar-refractivity contribution in [2.45, 2.75) is 56.7 Å². The van der Waals surface area contributed by atoms with Gasteiger partial charge in [0.25, 0.3) is 0 Å². The molecule has 1 aromatic rings. The normalized spacial score (nSPS) is 19.4. The van der Waals surface area contributed by atoms with Crippen LogP contribution >= 0.6 is 11.8 Å². The zero-order valence-electron chi connectivity index (χ0n) is 12.9. The highest BCUT2D eigenvalue weighted by Gasteiger charge is 2.30. The van der Waals surface area contributed by atoms with Gasteiger partial charge in [0.2, 0.25) is 0 Å². The van der Waals surface area contributed by atoms with Gasteiger partial charge in [0.15, 0.2) is 0 Å². The number of amides is 1. The molecule has 0 saturated carbocycles. The van der Waals surface area contributed by atoms with Crippen molar-refractivity contribution in [3.63, 3.8) is 0 Å². The van der Waals surface area contributed by atoms with E-state index in [2.05, 4.69) is 9.97 Å². The number of carbonyl (C=O) groups is 1. The molecular formula is C15H23N3O2S. The highest BCUT2D eigenvalue weighted by atomic mass is 32.2. The number of carbonyl (C=O) groups excluding carboxylic acids is 1. The number of hydrogen-bond donors (Lipinski definition) is 0. The van der Waals surface area contributed by atoms with Gasteiger partial charge in [0, 0.05) is 30.7 Å². The summed E-state index contributed by atoms with van der Waals surface area (Å²) in [6.45, 7) is 6.48. The molecular weight excluding hydrogens is 286 g/mol. The number of nitrogens with zero attached hydrogens (tertiary/aromatic N) is 3. The molecule has 5 nitrogen and oxygen atoms in total. The lowest BCUT2D eigenvalue weighted by Gasteiger charge is -2.36. The Bertz CT molecular complexity index is 462. The Morgan fingerprint density at radius 1 is 1.43 bits per heavy atom. The first-order valence-corrected chi connectivity index (χ1v) is 8.33. The van der Waals surface area contributed by atoms with Crippen molar-refractivity contribution in [1.82, 2.24) is 14.9 Å². The smallest absolute Gasteiger partial charge is 0.410 e. The molecule has 116 valence electrons. The summed E-state index contributed by atoms with van der Waals surface area (Å²) in [4.78, 5) is 22.5. The second-order valence-corrected chi connectivity index (χ2v) is 7.22. The number of piperidine rings is 1. The monoisotopic (exact) mass is 309 g/mol. The molecule has 0 N–H and O–H groups in total. The Labute approximate surface area is 130 Å². The van der Waals surface area contributed by atoms with E-state index in [0.717, 1.165) is 36.6 Å². The van der Waals surface area contributed by atoms with E-state index < -0.39 is 5.60 Å². The number of hydrogen-bond acceptors (Lipinski definition) is 5. The minimum atomic E-state index is -0.447. The lowest BCUT2D eigenvalue weighted by molar-refractivity contribution is 0.0126. The highest BCUT2D eigenvalue weighted by Crippen LogP contribution is 2.25. The van der Waals surface area contributed by atoms with Gasteiger partial charge >= 0.3 is 6.09 Å². The lowest BCUT2D eigenvalue weighted by atomic mass is 10.0. The van der Waals surface area contributed by atoms with Crippen LogP contribution in [-0.2, 0) is 4.74 Å². The molecule has 0 spiro atoms. The molecule has 0 aromatic carbocycles. The first kappa shape index (κ1) is 16.1. The van der Waals surface area contributed by atoms with Gasteiger partial charge in [-0.25, -0.2) is 9.78 Å². The maximum absolute atomic E-state index is 12.3. The third-order valence-electron chi connectivity index (χ3n) is 3.22. The van der Waals surface area contributed by atoms with Crippen LogP contribution in [0.15, 0.2) is 23.6 Å². The predicted molar refractivity (Wildman–Crippen MR) is 83.3 cm³/mol. The summed E-state index contributed by atoms with van der Waals surface area (Å²) in [6, 6.07) is 0.209. The zero-order valence-corrected chi connectivity index (χ0v) is 13.7. The van der Waals surface area contributed by atoms with E-state index in [1.165, 1.54) is 0 Å². The summed E-state index contributed by atoms with van der Waals surface area (Å²) in [7, 11) is 0. The van der Waals surface area contributed by atoms with Crippen molar-refractivity contribution < 1.29 is 9.53 Å². The van der Waals surface area contributed by atoms with Gasteiger partial charge in [-0.15, -0.1) is 11.8 Å². The first-order valence-electron chi connectivity index (χ1n) is 7.34. The van der Waals surface area contributed by atoms with Crippen LogP contribution in [0.3, 0.4) is 0 Å². The van der Waals surface area contributed by atoms with E-state index in [4.69, 9.17) is 4.74 Å². The van der Waals surface area contributed by atoms with Gasteiger partial charge in [-0.2, -0.15) is 0 Å². The van der Waals surface area contributed by atoms with Gasteiger partial charge in [0.05, 0.1) is 6.20 Å². The van der Waals surface area contributed by atoms with Crippen LogP contribution in [0.4, 0.5) is 4.79 Å². The quantitative estimate of drug-likeness (QED) is 0.801. The van der Waals surface area contributed by atoms with Gasteiger partial charge in [-0.3, -0.25) is 4.98 Å². The van der Waals surface area contributed by atoms with Crippen molar-refractivity contribution in [1.29, 1.82) is 0 Å². The average Bonchev–Trinajstić information content (AvgIpc) is 2.45. The second kappa shape index (κ2) is 7.11. The molecule has 1 amide bonds. The number of thioether (sulfide) groups is 1. The van der Waals surface area contributed by atoms with E-state index in [1.54, 1.807) is 30.4 Å². The molecule has 2 heterocycles. The summed E-state index contributed by atoms with van der Waals surface area (Å²) in [5.41, 5.74) is -0.447. The fourth-order valence-electron chi connectivity index (χ4n) is 2.28. The van der Waals surface area contributed by atoms with Crippen LogP contribution in [0.1, 0.15) is 40.0 Å². The molecule has 6 heteroatoms.